The summed E-state index contributed by atoms with van der Waals surface area (Å²) in [5.74, 6) is -1.32. The Hall–Kier alpha value is -2.96. The SMILES string of the molecule is COC1=CC(OCc2ccc([N+](=O)[O-])cc2)=CC(=O)C1=O. The Balaban J connectivity index is 2.04. The minimum absolute atomic E-state index is 0.0158. The van der Waals surface area contributed by atoms with Crippen molar-refractivity contribution in [2.24, 2.45) is 0 Å². The molecule has 0 amide bonds. The highest BCUT2D eigenvalue weighted by Gasteiger charge is 2.23. The Labute approximate surface area is 119 Å². The number of methoxy groups -OCH3 is 1. The van der Waals surface area contributed by atoms with Crippen molar-refractivity contribution in [1.82, 2.24) is 0 Å². The van der Waals surface area contributed by atoms with Crippen LogP contribution in [-0.2, 0) is 25.7 Å². The summed E-state index contributed by atoms with van der Waals surface area (Å²) in [6, 6.07) is 5.82. The third-order valence-electron chi connectivity index (χ3n) is 2.77. The maximum absolute atomic E-state index is 11.4. The van der Waals surface area contributed by atoms with E-state index >= 15 is 0 Å². The second kappa shape index (κ2) is 6.00. The molecule has 108 valence electrons. The number of hydrogen-bond acceptors (Lipinski definition) is 6. The van der Waals surface area contributed by atoms with Crippen LogP contribution in [0.5, 0.6) is 0 Å². The van der Waals surface area contributed by atoms with E-state index in [0.717, 1.165) is 6.08 Å². The lowest BCUT2D eigenvalue weighted by Gasteiger charge is -2.12. The highest BCUT2D eigenvalue weighted by atomic mass is 16.6. The first-order valence-electron chi connectivity index (χ1n) is 5.93. The van der Waals surface area contributed by atoms with E-state index in [1.54, 1.807) is 12.1 Å². The van der Waals surface area contributed by atoms with Gasteiger partial charge in [-0.05, 0) is 17.7 Å². The zero-order chi connectivity index (χ0) is 15.4. The number of Topliss-reactive ketones (excluding diaryl/α,β-unsaturated/α-hetero) is 1. The maximum Gasteiger partial charge on any atom is 0.269 e. The second-order valence-corrected chi connectivity index (χ2v) is 4.17. The van der Waals surface area contributed by atoms with Crippen LogP contribution in [0.2, 0.25) is 0 Å². The fourth-order valence-electron chi connectivity index (χ4n) is 1.67. The van der Waals surface area contributed by atoms with Gasteiger partial charge in [0, 0.05) is 24.3 Å². The topological polar surface area (TPSA) is 95.7 Å². The molecule has 1 aromatic rings. The summed E-state index contributed by atoms with van der Waals surface area (Å²) < 4.78 is 10.2. The van der Waals surface area contributed by atoms with E-state index in [1.165, 1.54) is 25.3 Å². The minimum atomic E-state index is -0.722. The molecule has 7 nitrogen and oxygen atoms in total. The molecule has 1 aliphatic rings. The molecule has 0 heterocycles. The molecule has 0 saturated heterocycles. The van der Waals surface area contributed by atoms with Crippen molar-refractivity contribution in [3.8, 4) is 0 Å². The average molecular weight is 289 g/mol. The quantitative estimate of drug-likeness (QED) is 0.354. The number of non-ortho nitro benzene ring substituents is 1. The van der Waals surface area contributed by atoms with E-state index in [-0.39, 0.29) is 23.8 Å². The average Bonchev–Trinajstić information content (AvgIpc) is 2.48. The van der Waals surface area contributed by atoms with Gasteiger partial charge in [0.25, 0.3) is 11.5 Å². The second-order valence-electron chi connectivity index (χ2n) is 4.17. The molecule has 21 heavy (non-hydrogen) atoms. The molecule has 0 spiro atoms. The molecule has 0 saturated carbocycles. The molecule has 1 aromatic carbocycles. The lowest BCUT2D eigenvalue weighted by atomic mass is 10.1. The number of nitro groups is 1. The van der Waals surface area contributed by atoms with Crippen LogP contribution in [0, 0.1) is 10.1 Å². The number of nitro benzene ring substituents is 1. The van der Waals surface area contributed by atoms with Crippen molar-refractivity contribution in [3.05, 3.63) is 63.6 Å². The summed E-state index contributed by atoms with van der Waals surface area (Å²) in [6.07, 6.45) is 2.41. The van der Waals surface area contributed by atoms with Crippen LogP contribution in [0.1, 0.15) is 5.56 Å². The molecule has 0 aliphatic heterocycles. The maximum atomic E-state index is 11.4. The van der Waals surface area contributed by atoms with Gasteiger partial charge in [0.05, 0.1) is 12.0 Å². The molecule has 7 heteroatoms. The molecule has 2 rings (SSSR count). The van der Waals surface area contributed by atoms with Crippen LogP contribution in [0.25, 0.3) is 0 Å². The third kappa shape index (κ3) is 3.33. The van der Waals surface area contributed by atoms with Crippen molar-refractivity contribution < 1.29 is 24.0 Å². The standard InChI is InChI=1S/C14H11NO6/c1-20-13-7-11(6-12(16)14(13)17)21-8-9-2-4-10(5-3-9)15(18)19/h2-7H,8H2,1H3. The Morgan fingerprint density at radius 1 is 1.14 bits per heavy atom. The number of hydrogen-bond donors (Lipinski definition) is 0. The molecular weight excluding hydrogens is 278 g/mol. The molecule has 0 radical (unpaired) electrons. The van der Waals surface area contributed by atoms with Gasteiger partial charge < -0.3 is 9.47 Å². The Bertz CT molecular complexity index is 657. The van der Waals surface area contributed by atoms with Crippen LogP contribution in [-0.4, -0.2) is 23.6 Å². The normalized spacial score (nSPS) is 14.3. The zero-order valence-corrected chi connectivity index (χ0v) is 11.1. The highest BCUT2D eigenvalue weighted by molar-refractivity contribution is 6.47. The molecule has 0 fully saturated rings. The van der Waals surface area contributed by atoms with Gasteiger partial charge in [-0.15, -0.1) is 0 Å². The summed E-state index contributed by atoms with van der Waals surface area (Å²) in [5, 5.41) is 10.5. The molecule has 1 aliphatic carbocycles. The van der Waals surface area contributed by atoms with Gasteiger partial charge in [0.15, 0.2) is 5.76 Å². The first kappa shape index (κ1) is 14.4. The van der Waals surface area contributed by atoms with Crippen molar-refractivity contribution in [1.29, 1.82) is 0 Å². The predicted octanol–water partition coefficient (Wildman–Crippen LogP) is 1.68. The largest absolute Gasteiger partial charge is 0.492 e. The fourth-order valence-corrected chi connectivity index (χ4v) is 1.67. The number of rotatable bonds is 5. The minimum Gasteiger partial charge on any atom is -0.492 e. The number of benzene rings is 1. The number of carbonyl (C=O) groups is 2. The van der Waals surface area contributed by atoms with Gasteiger partial charge >= 0.3 is 0 Å². The van der Waals surface area contributed by atoms with E-state index in [9.17, 15) is 19.7 Å². The van der Waals surface area contributed by atoms with E-state index < -0.39 is 16.5 Å². The lowest BCUT2D eigenvalue weighted by Crippen LogP contribution is -2.19. The van der Waals surface area contributed by atoms with Crippen molar-refractivity contribution in [2.75, 3.05) is 7.11 Å². The number of ether oxygens (including phenoxy) is 2. The summed E-state index contributed by atoms with van der Waals surface area (Å²) in [6.45, 7) is 0.110. The lowest BCUT2D eigenvalue weighted by molar-refractivity contribution is -0.384. The van der Waals surface area contributed by atoms with Crippen molar-refractivity contribution >= 4 is 17.3 Å². The fraction of sp³-hybridized carbons (Fsp3) is 0.143. The smallest absolute Gasteiger partial charge is 0.269 e. The number of carbonyl (C=O) groups excluding carboxylic acids is 2. The monoisotopic (exact) mass is 289 g/mol. The number of allylic oxidation sites excluding steroid dienone is 3. The van der Waals surface area contributed by atoms with Gasteiger partial charge in [0.1, 0.15) is 12.4 Å². The molecule has 0 aromatic heterocycles. The van der Waals surface area contributed by atoms with Gasteiger partial charge in [-0.2, -0.15) is 0 Å². The van der Waals surface area contributed by atoms with Crippen molar-refractivity contribution in [2.45, 2.75) is 6.61 Å². The van der Waals surface area contributed by atoms with E-state index in [2.05, 4.69) is 0 Å². The van der Waals surface area contributed by atoms with Crippen LogP contribution in [0.3, 0.4) is 0 Å². The number of ketones is 2. The molecular formula is C14H11NO6. The third-order valence-corrected chi connectivity index (χ3v) is 2.77. The van der Waals surface area contributed by atoms with Gasteiger partial charge in [-0.1, -0.05) is 0 Å². The highest BCUT2D eigenvalue weighted by Crippen LogP contribution is 2.17. The van der Waals surface area contributed by atoms with E-state index in [4.69, 9.17) is 9.47 Å². The zero-order valence-electron chi connectivity index (χ0n) is 11.1. The van der Waals surface area contributed by atoms with Crippen LogP contribution in [0.15, 0.2) is 47.9 Å². The van der Waals surface area contributed by atoms with Gasteiger partial charge in [-0.25, -0.2) is 0 Å². The molecule has 0 atom stereocenters. The van der Waals surface area contributed by atoms with E-state index in [0.29, 0.717) is 5.56 Å². The summed E-state index contributed by atoms with van der Waals surface area (Å²) >= 11 is 0. The first-order valence-corrected chi connectivity index (χ1v) is 5.93. The van der Waals surface area contributed by atoms with Crippen molar-refractivity contribution in [3.63, 3.8) is 0 Å². The van der Waals surface area contributed by atoms with Crippen LogP contribution < -0.4 is 0 Å². The molecule has 0 unspecified atom stereocenters. The Morgan fingerprint density at radius 3 is 2.38 bits per heavy atom. The Morgan fingerprint density at radius 2 is 1.81 bits per heavy atom. The number of nitrogens with zero attached hydrogens (tertiary/aromatic N) is 1. The molecule has 0 N–H and O–H groups in total. The summed E-state index contributed by atoms with van der Waals surface area (Å²) in [5.41, 5.74) is 0.677. The summed E-state index contributed by atoms with van der Waals surface area (Å²) in [4.78, 5) is 32.8. The van der Waals surface area contributed by atoms with E-state index in [1.807, 2.05) is 0 Å². The first-order chi connectivity index (χ1) is 10.0. The van der Waals surface area contributed by atoms with Gasteiger partial charge in [-0.3, -0.25) is 19.7 Å². The Kier molecular flexibility index (Phi) is 4.13. The van der Waals surface area contributed by atoms with Crippen LogP contribution in [0.4, 0.5) is 5.69 Å². The molecule has 0 bridgehead atoms. The van der Waals surface area contributed by atoms with Crippen LogP contribution >= 0.6 is 0 Å². The summed E-state index contributed by atoms with van der Waals surface area (Å²) in [7, 11) is 1.29. The predicted molar refractivity (Wildman–Crippen MR) is 71.1 cm³/mol. The van der Waals surface area contributed by atoms with Gasteiger partial charge in [0.2, 0.25) is 5.78 Å².